The van der Waals surface area contributed by atoms with Gasteiger partial charge in [0.1, 0.15) is 12.1 Å². The number of hydrogen-bond donors (Lipinski definition) is 0. The molecule has 0 saturated carbocycles. The molecule has 20 heavy (non-hydrogen) atoms. The number of aromatic nitrogens is 2. The van der Waals surface area contributed by atoms with Crippen LogP contribution in [-0.4, -0.2) is 21.1 Å². The number of imidazole rings is 1. The molecule has 1 aromatic heterocycles. The number of carbonyl (C=O) groups excluding carboxylic acids is 1. The molecule has 0 aliphatic heterocycles. The van der Waals surface area contributed by atoms with Crippen LogP contribution in [0.15, 0.2) is 43.0 Å². The first kappa shape index (κ1) is 14.3. The average Bonchev–Trinajstić information content (AvgIpc) is 2.91. The van der Waals surface area contributed by atoms with Gasteiger partial charge in [-0.25, -0.2) is 4.98 Å². The predicted molar refractivity (Wildman–Crippen MR) is 78.1 cm³/mol. The lowest BCUT2D eigenvalue weighted by molar-refractivity contribution is 0.0487. The second kappa shape index (κ2) is 5.49. The Morgan fingerprint density at radius 1 is 1.35 bits per heavy atom. The molecule has 0 bridgehead atoms. The zero-order valence-electron chi connectivity index (χ0n) is 12.3. The summed E-state index contributed by atoms with van der Waals surface area (Å²) in [7, 11) is 0. The summed E-state index contributed by atoms with van der Waals surface area (Å²) in [5, 5.41) is 0. The molecular weight excluding hydrogens is 252 g/mol. The van der Waals surface area contributed by atoms with E-state index in [2.05, 4.69) is 24.9 Å². The highest BCUT2D eigenvalue weighted by Gasteiger charge is 2.31. The van der Waals surface area contributed by atoms with Crippen LogP contribution >= 0.6 is 0 Å². The molecule has 0 unspecified atom stereocenters. The summed E-state index contributed by atoms with van der Waals surface area (Å²) in [6.07, 6.45) is 4.68. The van der Waals surface area contributed by atoms with Crippen molar-refractivity contribution in [3.05, 3.63) is 48.5 Å². The van der Waals surface area contributed by atoms with Crippen LogP contribution in [0.3, 0.4) is 0 Å². The van der Waals surface area contributed by atoms with Gasteiger partial charge < -0.3 is 4.74 Å². The highest BCUT2D eigenvalue weighted by Crippen LogP contribution is 2.24. The molecule has 1 aromatic carbocycles. The second-order valence-electron chi connectivity index (χ2n) is 5.61. The number of rotatable bonds is 4. The summed E-state index contributed by atoms with van der Waals surface area (Å²) in [5.74, 6) is 0.977. The molecule has 0 aliphatic carbocycles. The molecule has 4 heteroatoms. The van der Waals surface area contributed by atoms with Gasteiger partial charge in [-0.3, -0.25) is 9.36 Å². The molecule has 106 valence electrons. The third kappa shape index (κ3) is 3.07. The Balaban J connectivity index is 2.19. The smallest absolute Gasteiger partial charge is 0.275 e. The quantitative estimate of drug-likeness (QED) is 0.855. The third-order valence-corrected chi connectivity index (χ3v) is 3.15. The molecule has 4 nitrogen and oxygen atoms in total. The molecule has 0 radical (unpaired) electrons. The summed E-state index contributed by atoms with van der Waals surface area (Å²) in [4.78, 5) is 16.2. The zero-order valence-corrected chi connectivity index (χ0v) is 12.3. The Morgan fingerprint density at radius 2 is 2.10 bits per heavy atom. The Bertz CT molecular complexity index is 586. The van der Waals surface area contributed by atoms with E-state index in [4.69, 9.17) is 4.74 Å². The van der Waals surface area contributed by atoms with E-state index in [1.54, 1.807) is 26.2 Å². The highest BCUT2D eigenvalue weighted by molar-refractivity contribution is 5.86. The van der Waals surface area contributed by atoms with Crippen LogP contribution in [0.25, 0.3) is 0 Å². The van der Waals surface area contributed by atoms with E-state index in [1.807, 2.05) is 18.2 Å². The molecule has 0 amide bonds. The molecule has 2 aromatic rings. The number of ether oxygens (including phenoxy) is 1. The second-order valence-corrected chi connectivity index (χ2v) is 5.61. The van der Waals surface area contributed by atoms with Gasteiger partial charge in [0.2, 0.25) is 0 Å². The predicted octanol–water partition coefficient (Wildman–Crippen LogP) is 3.50. The molecule has 0 spiro atoms. The van der Waals surface area contributed by atoms with Crippen LogP contribution in [-0.2, 0) is 0 Å². The Kier molecular flexibility index (Phi) is 3.93. The van der Waals surface area contributed by atoms with Crippen molar-refractivity contribution in [1.29, 1.82) is 0 Å². The fraction of sp³-hybridized carbons (Fsp3) is 0.375. The minimum absolute atomic E-state index is 0.148. The minimum atomic E-state index is -0.948. The maximum Gasteiger partial charge on any atom is 0.275 e. The van der Waals surface area contributed by atoms with E-state index < -0.39 is 5.60 Å². The number of nitrogens with zero attached hydrogens (tertiary/aromatic N) is 2. The van der Waals surface area contributed by atoms with Crippen LogP contribution in [0.4, 0.5) is 0 Å². The van der Waals surface area contributed by atoms with Gasteiger partial charge in [0.25, 0.3) is 5.91 Å². The fourth-order valence-corrected chi connectivity index (χ4v) is 1.97. The van der Waals surface area contributed by atoms with Crippen LogP contribution in [0.1, 0.15) is 44.0 Å². The summed E-state index contributed by atoms with van der Waals surface area (Å²) in [6, 6.07) is 7.85. The molecule has 0 atom stereocenters. The van der Waals surface area contributed by atoms with Gasteiger partial charge >= 0.3 is 0 Å². The van der Waals surface area contributed by atoms with Crippen LogP contribution in [0.2, 0.25) is 0 Å². The van der Waals surface area contributed by atoms with E-state index in [9.17, 15) is 4.79 Å². The van der Waals surface area contributed by atoms with E-state index in [-0.39, 0.29) is 5.91 Å². The normalized spacial score (nSPS) is 11.7. The van der Waals surface area contributed by atoms with Crippen molar-refractivity contribution in [3.8, 4) is 5.75 Å². The van der Waals surface area contributed by atoms with Crippen molar-refractivity contribution in [1.82, 2.24) is 9.55 Å². The molecular formula is C16H20N2O2. The van der Waals surface area contributed by atoms with Crippen LogP contribution < -0.4 is 4.74 Å². The largest absolute Gasteiger partial charge is 0.478 e. The molecule has 1 heterocycles. The van der Waals surface area contributed by atoms with Gasteiger partial charge in [-0.15, -0.1) is 0 Å². The summed E-state index contributed by atoms with van der Waals surface area (Å²) in [5.41, 5.74) is 0.240. The van der Waals surface area contributed by atoms with Crippen LogP contribution in [0, 0.1) is 0 Å². The van der Waals surface area contributed by atoms with Crippen molar-refractivity contribution < 1.29 is 9.53 Å². The van der Waals surface area contributed by atoms with Gasteiger partial charge in [0, 0.05) is 12.4 Å². The molecule has 0 aliphatic rings. The van der Waals surface area contributed by atoms with E-state index in [0.29, 0.717) is 11.7 Å². The van der Waals surface area contributed by atoms with Crippen molar-refractivity contribution in [2.45, 2.75) is 39.2 Å². The number of carbonyl (C=O) groups is 1. The lowest BCUT2D eigenvalue weighted by atomic mass is 10.0. The summed E-state index contributed by atoms with van der Waals surface area (Å²) in [6.45, 7) is 7.77. The van der Waals surface area contributed by atoms with Crippen LogP contribution in [0.5, 0.6) is 5.75 Å². The third-order valence-electron chi connectivity index (χ3n) is 3.15. The molecule has 0 saturated heterocycles. The van der Waals surface area contributed by atoms with Gasteiger partial charge in [0.15, 0.2) is 5.60 Å². The Morgan fingerprint density at radius 3 is 2.70 bits per heavy atom. The average molecular weight is 272 g/mol. The van der Waals surface area contributed by atoms with Crippen molar-refractivity contribution in [2.75, 3.05) is 0 Å². The first-order chi connectivity index (χ1) is 9.40. The first-order valence-corrected chi connectivity index (χ1v) is 6.72. The van der Waals surface area contributed by atoms with Crippen molar-refractivity contribution >= 4 is 5.91 Å². The first-order valence-electron chi connectivity index (χ1n) is 6.72. The summed E-state index contributed by atoms with van der Waals surface area (Å²) >= 11 is 0. The monoisotopic (exact) mass is 272 g/mol. The standard InChI is InChI=1S/C16H20N2O2/c1-12(2)13-6-5-7-14(10-13)20-16(3,4)15(19)18-9-8-17-11-18/h5-12H,1-4H3. The van der Waals surface area contributed by atoms with E-state index in [1.165, 1.54) is 16.5 Å². The van der Waals surface area contributed by atoms with Gasteiger partial charge in [0.05, 0.1) is 0 Å². The van der Waals surface area contributed by atoms with Crippen molar-refractivity contribution in [3.63, 3.8) is 0 Å². The Labute approximate surface area is 119 Å². The van der Waals surface area contributed by atoms with Gasteiger partial charge in [-0.1, -0.05) is 26.0 Å². The molecule has 2 rings (SSSR count). The maximum atomic E-state index is 12.3. The minimum Gasteiger partial charge on any atom is -0.478 e. The Hall–Kier alpha value is -2.10. The van der Waals surface area contributed by atoms with E-state index >= 15 is 0 Å². The number of benzene rings is 1. The lowest BCUT2D eigenvalue weighted by Crippen LogP contribution is -2.41. The highest BCUT2D eigenvalue weighted by atomic mass is 16.5. The topological polar surface area (TPSA) is 44.1 Å². The van der Waals surface area contributed by atoms with Gasteiger partial charge in [-0.2, -0.15) is 0 Å². The SMILES string of the molecule is CC(C)c1cccc(OC(C)(C)C(=O)n2ccnc2)c1. The molecule has 0 N–H and O–H groups in total. The molecule has 0 fully saturated rings. The zero-order chi connectivity index (χ0) is 14.8. The lowest BCUT2D eigenvalue weighted by Gasteiger charge is -2.25. The number of hydrogen-bond acceptors (Lipinski definition) is 3. The summed E-state index contributed by atoms with van der Waals surface area (Å²) < 4.78 is 7.32. The van der Waals surface area contributed by atoms with Crippen molar-refractivity contribution in [2.24, 2.45) is 0 Å². The fourth-order valence-electron chi connectivity index (χ4n) is 1.97. The van der Waals surface area contributed by atoms with Gasteiger partial charge in [-0.05, 0) is 37.5 Å². The maximum absolute atomic E-state index is 12.3. The van der Waals surface area contributed by atoms with E-state index in [0.717, 1.165) is 0 Å².